The Morgan fingerprint density at radius 1 is 1.35 bits per heavy atom. The molecule has 0 aromatic heterocycles. The number of alkyl halides is 1. The fourth-order valence-electron chi connectivity index (χ4n) is 2.73. The second kappa shape index (κ2) is 7.96. The van der Waals surface area contributed by atoms with Crippen molar-refractivity contribution >= 4 is 23.6 Å². The molecule has 1 saturated heterocycles. The van der Waals surface area contributed by atoms with Gasteiger partial charge in [0, 0.05) is 24.5 Å². The Bertz CT molecular complexity index is 713. The number of rotatable bonds is 3. The smallest absolute Gasteiger partial charge is 0.410 e. The Morgan fingerprint density at radius 3 is 2.54 bits per heavy atom. The summed E-state index contributed by atoms with van der Waals surface area (Å²) in [5.41, 5.74) is -0.253. The molecule has 1 aliphatic heterocycles. The number of carbonyl (C=O) groups is 2. The van der Waals surface area contributed by atoms with Crippen LogP contribution in [0.4, 0.5) is 4.79 Å². The van der Waals surface area contributed by atoms with Crippen LogP contribution in [0.5, 0.6) is 0 Å². The van der Waals surface area contributed by atoms with E-state index in [2.05, 4.69) is 10.2 Å². The molecule has 1 aromatic rings. The van der Waals surface area contributed by atoms with Gasteiger partial charge in [0.25, 0.3) is 5.91 Å². The van der Waals surface area contributed by atoms with Crippen LogP contribution in [0.25, 0.3) is 4.85 Å². The molecule has 0 spiro atoms. The minimum Gasteiger partial charge on any atom is -0.444 e. The van der Waals surface area contributed by atoms with E-state index in [0.717, 1.165) is 5.56 Å². The molecule has 0 saturated carbocycles. The van der Waals surface area contributed by atoms with E-state index < -0.39 is 17.4 Å². The van der Waals surface area contributed by atoms with Gasteiger partial charge in [-0.25, -0.2) is 11.4 Å². The van der Waals surface area contributed by atoms with Gasteiger partial charge in [0.2, 0.25) is 0 Å². The lowest BCUT2D eigenvalue weighted by atomic mass is 9.97. The third-order valence-electron chi connectivity index (χ3n) is 4.15. The summed E-state index contributed by atoms with van der Waals surface area (Å²) in [5, 5.41) is 2.84. The first-order valence-corrected chi connectivity index (χ1v) is 9.05. The van der Waals surface area contributed by atoms with E-state index in [1.54, 1.807) is 23.1 Å². The number of carbonyl (C=O) groups excluding carboxylic acids is 2. The molecule has 0 atom stereocenters. The number of nitrogens with one attached hydrogen (secondary N) is 1. The van der Waals surface area contributed by atoms with Crippen molar-refractivity contribution in [2.45, 2.75) is 50.8 Å². The molecule has 2 amide bonds. The zero-order valence-electron chi connectivity index (χ0n) is 15.3. The van der Waals surface area contributed by atoms with Crippen LogP contribution in [0.2, 0.25) is 0 Å². The van der Waals surface area contributed by atoms with Crippen molar-refractivity contribution in [2.24, 2.45) is 0 Å². The van der Waals surface area contributed by atoms with Crippen molar-refractivity contribution in [1.82, 2.24) is 10.2 Å². The molecule has 140 valence electrons. The van der Waals surface area contributed by atoms with Gasteiger partial charge in [-0.15, -0.1) is 11.6 Å². The first-order chi connectivity index (χ1) is 12.2. The molecule has 0 bridgehead atoms. The van der Waals surface area contributed by atoms with Crippen LogP contribution in [0.3, 0.4) is 0 Å². The highest BCUT2D eigenvalue weighted by molar-refractivity contribution is 6.17. The highest BCUT2D eigenvalue weighted by Gasteiger charge is 2.43. The minimum atomic E-state index is -1.01. The fraction of sp³-hybridized carbons (Fsp3) is 0.526. The van der Waals surface area contributed by atoms with Gasteiger partial charge in [0.05, 0.1) is 12.8 Å². The number of likely N-dealkylation sites (tertiary alicyclic amines) is 1. The summed E-state index contributed by atoms with van der Waals surface area (Å²) < 4.78 is 5.36. The first-order valence-electron chi connectivity index (χ1n) is 8.52. The summed E-state index contributed by atoms with van der Waals surface area (Å²) in [5.74, 6) is 0.0126. The number of ether oxygens (including phenoxy) is 1. The molecular formula is C19H24ClN3O3. The van der Waals surface area contributed by atoms with Crippen molar-refractivity contribution in [3.05, 3.63) is 46.8 Å². The molecule has 0 radical (unpaired) electrons. The summed E-state index contributed by atoms with van der Waals surface area (Å²) >= 11 is 5.81. The van der Waals surface area contributed by atoms with E-state index in [0.29, 0.717) is 37.4 Å². The van der Waals surface area contributed by atoms with Crippen molar-refractivity contribution in [1.29, 1.82) is 0 Å². The lowest BCUT2D eigenvalue weighted by Crippen LogP contribution is -2.54. The maximum atomic E-state index is 12.5. The molecule has 0 aliphatic carbocycles. The second-order valence-electron chi connectivity index (χ2n) is 7.40. The van der Waals surface area contributed by atoms with Gasteiger partial charge in [-0.3, -0.25) is 15.0 Å². The molecule has 0 unspecified atom stereocenters. The molecule has 1 N–H and O–H groups in total. The first kappa shape index (κ1) is 20.1. The summed E-state index contributed by atoms with van der Waals surface area (Å²) in [6.07, 6.45) is 0.324. The standard InChI is InChI=1S/C19H24ClN3O3/c1-18(2,3)26-17(25)23-10-8-19(21-4,9-11-23)22-16(24)15-7-5-6-14(12-15)13-20/h5-7,12H,8-11,13H2,1-3H3,(H,22,24). The molecule has 1 aliphatic rings. The number of halogens is 1. The number of piperidine rings is 1. The summed E-state index contributed by atoms with van der Waals surface area (Å²) in [7, 11) is 0. The zero-order chi connectivity index (χ0) is 19.4. The molecule has 6 nitrogen and oxygen atoms in total. The number of benzene rings is 1. The average Bonchev–Trinajstić information content (AvgIpc) is 2.60. The summed E-state index contributed by atoms with van der Waals surface area (Å²) in [6.45, 7) is 13.7. The fourth-order valence-corrected chi connectivity index (χ4v) is 2.90. The van der Waals surface area contributed by atoms with Gasteiger partial charge in [-0.2, -0.15) is 0 Å². The monoisotopic (exact) mass is 377 g/mol. The van der Waals surface area contributed by atoms with E-state index in [-0.39, 0.29) is 5.91 Å². The Kier molecular flexibility index (Phi) is 6.14. The number of hydrogen-bond acceptors (Lipinski definition) is 3. The highest BCUT2D eigenvalue weighted by atomic mass is 35.5. The van der Waals surface area contributed by atoms with Gasteiger partial charge in [-0.05, 0) is 38.5 Å². The number of nitrogens with zero attached hydrogens (tertiary/aromatic N) is 2. The van der Waals surface area contributed by atoms with Gasteiger partial charge in [-0.1, -0.05) is 12.1 Å². The predicted octanol–water partition coefficient (Wildman–Crippen LogP) is 3.80. The van der Waals surface area contributed by atoms with E-state index in [1.807, 2.05) is 26.8 Å². The summed E-state index contributed by atoms with van der Waals surface area (Å²) in [6, 6.07) is 7.02. The van der Waals surface area contributed by atoms with E-state index in [4.69, 9.17) is 22.9 Å². The zero-order valence-corrected chi connectivity index (χ0v) is 16.1. The van der Waals surface area contributed by atoms with E-state index in [9.17, 15) is 9.59 Å². The highest BCUT2D eigenvalue weighted by Crippen LogP contribution is 2.26. The van der Waals surface area contributed by atoms with E-state index in [1.165, 1.54) is 0 Å². The van der Waals surface area contributed by atoms with Gasteiger partial charge >= 0.3 is 11.8 Å². The maximum absolute atomic E-state index is 12.5. The van der Waals surface area contributed by atoms with Gasteiger partial charge < -0.3 is 9.64 Å². The summed E-state index contributed by atoms with van der Waals surface area (Å²) in [4.78, 5) is 29.9. The number of hydrogen-bond donors (Lipinski definition) is 1. The average molecular weight is 378 g/mol. The van der Waals surface area contributed by atoms with Crippen LogP contribution in [-0.4, -0.2) is 41.3 Å². The molecule has 7 heteroatoms. The molecule has 1 fully saturated rings. The van der Waals surface area contributed by atoms with Crippen LogP contribution < -0.4 is 5.32 Å². The van der Waals surface area contributed by atoms with Gasteiger partial charge in [0.15, 0.2) is 0 Å². The molecule has 2 rings (SSSR count). The minimum absolute atomic E-state index is 0.307. The Hall–Kier alpha value is -2.26. The molecule has 1 aromatic carbocycles. The van der Waals surface area contributed by atoms with Crippen molar-refractivity contribution in [3.63, 3.8) is 0 Å². The third-order valence-corrected chi connectivity index (χ3v) is 4.45. The molecule has 1 heterocycles. The van der Waals surface area contributed by atoms with Crippen LogP contribution in [-0.2, 0) is 10.6 Å². The third kappa shape index (κ3) is 5.12. The normalized spacial score (nSPS) is 16.5. The Morgan fingerprint density at radius 2 is 2.00 bits per heavy atom. The quantitative estimate of drug-likeness (QED) is 0.643. The largest absolute Gasteiger partial charge is 0.444 e. The lowest BCUT2D eigenvalue weighted by molar-refractivity contribution is 0.0172. The number of amides is 2. The maximum Gasteiger partial charge on any atom is 0.410 e. The molecule has 26 heavy (non-hydrogen) atoms. The lowest BCUT2D eigenvalue weighted by Gasteiger charge is -2.35. The SMILES string of the molecule is [C-]#[N+]C1(NC(=O)c2cccc(CCl)c2)CCN(C(=O)OC(C)(C)C)CC1. The Labute approximate surface area is 159 Å². The predicted molar refractivity (Wildman–Crippen MR) is 99.8 cm³/mol. The molecular weight excluding hydrogens is 354 g/mol. The van der Waals surface area contributed by atoms with Gasteiger partial charge in [0.1, 0.15) is 5.60 Å². The van der Waals surface area contributed by atoms with Crippen LogP contribution >= 0.6 is 11.6 Å². The van der Waals surface area contributed by atoms with Crippen molar-refractivity contribution in [2.75, 3.05) is 13.1 Å². The van der Waals surface area contributed by atoms with Crippen LogP contribution in [0.15, 0.2) is 24.3 Å². The van der Waals surface area contributed by atoms with Crippen molar-refractivity contribution in [3.8, 4) is 0 Å². The Balaban J connectivity index is 2.01. The van der Waals surface area contributed by atoms with Crippen LogP contribution in [0.1, 0.15) is 49.5 Å². The topological polar surface area (TPSA) is 63.0 Å². The second-order valence-corrected chi connectivity index (χ2v) is 7.67. The van der Waals surface area contributed by atoms with Crippen molar-refractivity contribution < 1.29 is 14.3 Å². The van der Waals surface area contributed by atoms with E-state index >= 15 is 0 Å². The van der Waals surface area contributed by atoms with Crippen LogP contribution in [0, 0.1) is 6.57 Å².